The first-order valence-electron chi connectivity index (χ1n) is 24.9. The van der Waals surface area contributed by atoms with E-state index < -0.39 is 18.2 Å². The Morgan fingerprint density at radius 2 is 0.857 bits per heavy atom. The lowest BCUT2D eigenvalue weighted by Gasteiger charge is -2.24. The lowest BCUT2D eigenvalue weighted by molar-refractivity contribution is -0.151. The van der Waals surface area contributed by atoms with Crippen molar-refractivity contribution >= 4 is 11.9 Å². The van der Waals surface area contributed by atoms with Gasteiger partial charge in [-0.1, -0.05) is 219 Å². The van der Waals surface area contributed by atoms with Gasteiger partial charge in [-0.25, -0.2) is 0 Å². The third-order valence-electron chi connectivity index (χ3n) is 11.6. The average molecular weight is 792 g/mol. The summed E-state index contributed by atoms with van der Waals surface area (Å²) >= 11 is 0. The molecular weight excluding hydrogens is 695 g/mol. The average Bonchev–Trinajstić information content (AvgIpc) is 3.19. The minimum absolute atomic E-state index is 0.0783. The van der Waals surface area contributed by atoms with Gasteiger partial charge in [0.25, 0.3) is 0 Å². The molecule has 56 heavy (non-hydrogen) atoms. The summed E-state index contributed by atoms with van der Waals surface area (Å²) in [5.74, 6) is -0.478. The van der Waals surface area contributed by atoms with Crippen molar-refractivity contribution < 1.29 is 24.5 Å². The van der Waals surface area contributed by atoms with Gasteiger partial charge in [0, 0.05) is 6.42 Å². The molecule has 3 N–H and O–H groups in total. The van der Waals surface area contributed by atoms with Crippen molar-refractivity contribution in [2.24, 2.45) is 0 Å². The number of carbonyl (C=O) groups excluding carboxylic acids is 2. The summed E-state index contributed by atoms with van der Waals surface area (Å²) in [5, 5.41) is 23.7. The first kappa shape index (κ1) is 54.6. The molecule has 1 amide bonds. The van der Waals surface area contributed by atoms with E-state index in [4.69, 9.17) is 4.74 Å². The second-order valence-corrected chi connectivity index (χ2v) is 17.2. The van der Waals surface area contributed by atoms with E-state index in [1.165, 1.54) is 173 Å². The van der Waals surface area contributed by atoms with E-state index in [1.54, 1.807) is 0 Å². The van der Waals surface area contributed by atoms with Crippen LogP contribution in [0.5, 0.6) is 0 Å². The summed E-state index contributed by atoms with van der Waals surface area (Å²) < 4.78 is 5.92. The van der Waals surface area contributed by atoms with Crippen molar-refractivity contribution in [3.8, 4) is 0 Å². The zero-order chi connectivity index (χ0) is 41.0. The van der Waals surface area contributed by atoms with Crippen LogP contribution in [0.15, 0.2) is 12.2 Å². The van der Waals surface area contributed by atoms with Crippen LogP contribution in [0.3, 0.4) is 0 Å². The highest BCUT2D eigenvalue weighted by Gasteiger charge is 2.24. The zero-order valence-corrected chi connectivity index (χ0v) is 37.8. The molecule has 0 fully saturated rings. The van der Waals surface area contributed by atoms with E-state index in [0.29, 0.717) is 19.3 Å². The van der Waals surface area contributed by atoms with Crippen molar-refractivity contribution in [3.63, 3.8) is 0 Å². The number of carbonyl (C=O) groups is 2. The standard InChI is InChI=1S/C50H97NO5/c1-4-7-10-13-16-19-22-24-25-28-31-34-37-40-43-50(55)56-46(41-38-35-32-29-27-23-20-17-14-11-8-5-2)44-49(54)51-47(45-52)48(53)42-39-36-33-30-26-21-18-15-12-9-6-3/h25,28,46-48,52-53H,4-24,26-27,29-45H2,1-3H3,(H,51,54)/b28-25-. The molecule has 0 heterocycles. The minimum atomic E-state index is -0.782. The van der Waals surface area contributed by atoms with Gasteiger partial charge >= 0.3 is 5.97 Å². The highest BCUT2D eigenvalue weighted by molar-refractivity contribution is 5.77. The van der Waals surface area contributed by atoms with Crippen molar-refractivity contribution in [1.82, 2.24) is 5.32 Å². The van der Waals surface area contributed by atoms with E-state index in [2.05, 4.69) is 38.2 Å². The molecule has 0 bridgehead atoms. The SMILES string of the molecule is CCCCCCCCC/C=C\CCCCCC(=O)OC(CCCCCCCCCCCCCC)CC(=O)NC(CO)C(O)CCCCCCCCCCCCC. The number of ether oxygens (including phenoxy) is 1. The molecule has 3 atom stereocenters. The predicted octanol–water partition coefficient (Wildman–Crippen LogP) is 14.6. The Kier molecular flexibility index (Phi) is 43.6. The second kappa shape index (κ2) is 44.7. The molecule has 3 unspecified atom stereocenters. The number of nitrogens with one attached hydrogen (secondary N) is 1. The third-order valence-corrected chi connectivity index (χ3v) is 11.6. The molecule has 6 nitrogen and oxygen atoms in total. The topological polar surface area (TPSA) is 95.9 Å². The number of rotatable bonds is 45. The number of amides is 1. The highest BCUT2D eigenvalue weighted by Crippen LogP contribution is 2.18. The Morgan fingerprint density at radius 3 is 1.27 bits per heavy atom. The normalized spacial score (nSPS) is 13.3. The molecule has 0 radical (unpaired) electrons. The summed E-state index contributed by atoms with van der Waals surface area (Å²) in [6.45, 7) is 6.48. The van der Waals surface area contributed by atoms with Gasteiger partial charge in [0.1, 0.15) is 6.10 Å². The van der Waals surface area contributed by atoms with Gasteiger partial charge in [-0.05, 0) is 51.4 Å². The number of unbranched alkanes of at least 4 members (excludes halogenated alkanes) is 31. The van der Waals surface area contributed by atoms with E-state index >= 15 is 0 Å². The van der Waals surface area contributed by atoms with Gasteiger partial charge in [0.2, 0.25) is 5.91 Å². The van der Waals surface area contributed by atoms with Gasteiger partial charge in [0.05, 0.1) is 25.2 Å². The van der Waals surface area contributed by atoms with Crippen LogP contribution in [0, 0.1) is 0 Å². The third kappa shape index (κ3) is 39.4. The summed E-state index contributed by atoms with van der Waals surface area (Å²) in [6, 6.07) is -0.696. The Balaban J connectivity index is 4.56. The fourth-order valence-electron chi connectivity index (χ4n) is 7.78. The summed E-state index contributed by atoms with van der Waals surface area (Å²) in [7, 11) is 0. The largest absolute Gasteiger partial charge is 0.462 e. The summed E-state index contributed by atoms with van der Waals surface area (Å²) in [4.78, 5) is 26.0. The Bertz CT molecular complexity index is 847. The Morgan fingerprint density at radius 1 is 0.500 bits per heavy atom. The van der Waals surface area contributed by atoms with Crippen LogP contribution in [0.2, 0.25) is 0 Å². The van der Waals surface area contributed by atoms with E-state index in [1.807, 2.05) is 0 Å². The van der Waals surface area contributed by atoms with Crippen molar-refractivity contribution in [2.45, 2.75) is 289 Å². The van der Waals surface area contributed by atoms with Gasteiger partial charge in [-0.3, -0.25) is 9.59 Å². The molecule has 0 aliphatic carbocycles. The number of allylic oxidation sites excluding steroid dienone is 2. The molecule has 0 aromatic heterocycles. The van der Waals surface area contributed by atoms with Crippen LogP contribution in [-0.4, -0.2) is 46.9 Å². The van der Waals surface area contributed by atoms with Crippen molar-refractivity contribution in [1.29, 1.82) is 0 Å². The highest BCUT2D eigenvalue weighted by atomic mass is 16.5. The quantitative estimate of drug-likeness (QED) is 0.0324. The van der Waals surface area contributed by atoms with Crippen molar-refractivity contribution in [3.05, 3.63) is 12.2 Å². The fraction of sp³-hybridized carbons (Fsp3) is 0.920. The molecule has 0 aromatic carbocycles. The van der Waals surface area contributed by atoms with Crippen LogP contribution in [0.4, 0.5) is 0 Å². The number of aliphatic hydroxyl groups excluding tert-OH is 2. The fourth-order valence-corrected chi connectivity index (χ4v) is 7.78. The molecule has 0 spiro atoms. The molecule has 0 saturated heterocycles. The minimum Gasteiger partial charge on any atom is -0.462 e. The van der Waals surface area contributed by atoms with Crippen LogP contribution in [-0.2, 0) is 14.3 Å². The smallest absolute Gasteiger partial charge is 0.306 e. The molecule has 0 aliphatic rings. The number of aliphatic hydroxyl groups is 2. The maximum Gasteiger partial charge on any atom is 0.306 e. The van der Waals surface area contributed by atoms with E-state index in [9.17, 15) is 19.8 Å². The lowest BCUT2D eigenvalue weighted by atomic mass is 10.0. The molecule has 0 aromatic rings. The summed E-state index contributed by atoms with van der Waals surface area (Å²) in [5.41, 5.74) is 0. The molecule has 332 valence electrons. The van der Waals surface area contributed by atoms with Gasteiger partial charge in [-0.15, -0.1) is 0 Å². The zero-order valence-electron chi connectivity index (χ0n) is 37.8. The predicted molar refractivity (Wildman–Crippen MR) is 241 cm³/mol. The van der Waals surface area contributed by atoms with E-state index in [0.717, 1.165) is 51.4 Å². The molecule has 0 saturated carbocycles. The van der Waals surface area contributed by atoms with E-state index in [-0.39, 0.29) is 24.9 Å². The number of hydrogen-bond donors (Lipinski definition) is 3. The van der Waals surface area contributed by atoms with Gasteiger partial charge in [0.15, 0.2) is 0 Å². The van der Waals surface area contributed by atoms with Crippen molar-refractivity contribution in [2.75, 3.05) is 6.61 Å². The molecular formula is C50H97NO5. The lowest BCUT2D eigenvalue weighted by Crippen LogP contribution is -2.46. The molecule has 0 aliphatic heterocycles. The first-order chi connectivity index (χ1) is 27.5. The Labute approximate surface area is 349 Å². The summed E-state index contributed by atoms with van der Waals surface area (Å²) in [6.07, 6.45) is 48.4. The van der Waals surface area contributed by atoms with Gasteiger partial charge < -0.3 is 20.3 Å². The van der Waals surface area contributed by atoms with Gasteiger partial charge in [-0.2, -0.15) is 0 Å². The van der Waals surface area contributed by atoms with Crippen LogP contribution >= 0.6 is 0 Å². The first-order valence-corrected chi connectivity index (χ1v) is 24.9. The maximum atomic E-state index is 13.2. The van der Waals surface area contributed by atoms with Crippen LogP contribution in [0.25, 0.3) is 0 Å². The van der Waals surface area contributed by atoms with Crippen LogP contribution in [0.1, 0.15) is 271 Å². The monoisotopic (exact) mass is 792 g/mol. The Hall–Kier alpha value is -1.40. The molecule has 0 rings (SSSR count). The van der Waals surface area contributed by atoms with Crippen LogP contribution < -0.4 is 5.32 Å². The maximum absolute atomic E-state index is 13.2. The molecule has 6 heteroatoms. The number of hydrogen-bond acceptors (Lipinski definition) is 5. The number of esters is 1. The second-order valence-electron chi connectivity index (χ2n) is 17.2.